The van der Waals surface area contributed by atoms with Gasteiger partial charge in [-0.2, -0.15) is 0 Å². The maximum atomic E-state index is 11.0. The molecule has 0 saturated heterocycles. The predicted octanol–water partition coefficient (Wildman–Crippen LogP) is 0.602. The maximum Gasteiger partial charge on any atom is 0.317 e. The van der Waals surface area contributed by atoms with Crippen LogP contribution in [0.4, 0.5) is 0 Å². The molecule has 0 aliphatic carbocycles. The van der Waals surface area contributed by atoms with E-state index in [0.29, 0.717) is 6.42 Å². The van der Waals surface area contributed by atoms with E-state index in [-0.39, 0.29) is 25.6 Å². The van der Waals surface area contributed by atoms with Crippen LogP contribution in [-0.2, 0) is 28.6 Å². The summed E-state index contributed by atoms with van der Waals surface area (Å²) < 4.78 is 13.7. The number of hydrogen-bond acceptors (Lipinski definition) is 6. The number of methoxy groups -OCH3 is 1. The number of hydrogen-bond donors (Lipinski definition) is 0. The van der Waals surface area contributed by atoms with E-state index < -0.39 is 11.9 Å². The molecule has 6 nitrogen and oxygen atoms in total. The van der Waals surface area contributed by atoms with E-state index in [1.807, 2.05) is 0 Å². The van der Waals surface area contributed by atoms with Crippen LogP contribution < -0.4 is 0 Å². The second-order valence-corrected chi connectivity index (χ2v) is 3.04. The highest BCUT2D eigenvalue weighted by molar-refractivity contribution is 5.91. The molecule has 0 radical (unpaired) electrons. The summed E-state index contributed by atoms with van der Waals surface area (Å²) in [5.41, 5.74) is 0. The van der Waals surface area contributed by atoms with E-state index in [9.17, 15) is 14.4 Å². The molecule has 0 aliphatic heterocycles. The molecule has 0 N–H and O–H groups in total. The molecule has 0 aromatic rings. The third kappa shape index (κ3) is 10.4. The Morgan fingerprint density at radius 3 is 2.35 bits per heavy atom. The monoisotopic (exact) mass is 244 g/mol. The Kier molecular flexibility index (Phi) is 8.36. The van der Waals surface area contributed by atoms with Gasteiger partial charge in [-0.1, -0.05) is 12.2 Å². The minimum atomic E-state index is -0.625. The minimum Gasteiger partial charge on any atom is -0.469 e. The Balaban J connectivity index is 3.47. The summed E-state index contributed by atoms with van der Waals surface area (Å²) in [6.07, 6.45) is 3.48. The van der Waals surface area contributed by atoms with Gasteiger partial charge in [0, 0.05) is 6.92 Å². The molecular weight excluding hydrogens is 228 g/mol. The average Bonchev–Trinajstić information content (AvgIpc) is 2.27. The highest BCUT2D eigenvalue weighted by Crippen LogP contribution is 1.92. The number of carbonyl (C=O) groups is 3. The average molecular weight is 244 g/mol. The molecule has 0 aromatic carbocycles. The summed E-state index contributed by atoms with van der Waals surface area (Å²) in [7, 11) is 1.20. The fourth-order valence-electron chi connectivity index (χ4n) is 0.833. The molecule has 0 atom stereocenters. The molecule has 6 heteroatoms. The van der Waals surface area contributed by atoms with Crippen molar-refractivity contribution in [1.82, 2.24) is 0 Å². The largest absolute Gasteiger partial charge is 0.469 e. The molecule has 0 fully saturated rings. The Morgan fingerprint density at radius 1 is 1.06 bits per heavy atom. The lowest BCUT2D eigenvalue weighted by Crippen LogP contribution is -2.12. The molecular formula is C11H16O6. The van der Waals surface area contributed by atoms with Gasteiger partial charge in [0.25, 0.3) is 0 Å². The number of rotatable bonds is 7. The molecule has 0 rings (SSSR count). The number of ether oxygens (including phenoxy) is 3. The van der Waals surface area contributed by atoms with Gasteiger partial charge in [-0.25, -0.2) is 0 Å². The second kappa shape index (κ2) is 9.38. The van der Waals surface area contributed by atoms with Crippen molar-refractivity contribution in [3.05, 3.63) is 12.2 Å². The Labute approximate surface area is 99.5 Å². The third-order valence-electron chi connectivity index (χ3n) is 1.61. The smallest absolute Gasteiger partial charge is 0.317 e. The summed E-state index contributed by atoms with van der Waals surface area (Å²) in [5, 5.41) is 0. The fourth-order valence-corrected chi connectivity index (χ4v) is 0.833. The van der Waals surface area contributed by atoms with Crippen molar-refractivity contribution in [3.8, 4) is 0 Å². The molecule has 0 spiro atoms. The predicted molar refractivity (Wildman–Crippen MR) is 58.0 cm³/mol. The van der Waals surface area contributed by atoms with Crippen molar-refractivity contribution in [2.45, 2.75) is 19.8 Å². The van der Waals surface area contributed by atoms with Gasteiger partial charge in [0.1, 0.15) is 13.0 Å². The second-order valence-electron chi connectivity index (χ2n) is 3.04. The lowest BCUT2D eigenvalue weighted by molar-refractivity contribution is -0.152. The van der Waals surface area contributed by atoms with Gasteiger partial charge in [0.05, 0.1) is 13.7 Å². The van der Waals surface area contributed by atoms with E-state index in [0.717, 1.165) is 0 Å². The molecule has 0 aliphatic rings. The van der Waals surface area contributed by atoms with Crippen molar-refractivity contribution < 1.29 is 28.6 Å². The first-order valence-electron chi connectivity index (χ1n) is 5.07. The van der Waals surface area contributed by atoms with E-state index in [2.05, 4.69) is 9.47 Å². The zero-order valence-corrected chi connectivity index (χ0v) is 9.93. The molecule has 17 heavy (non-hydrogen) atoms. The normalized spacial score (nSPS) is 10.0. The highest BCUT2D eigenvalue weighted by Gasteiger charge is 2.09. The summed E-state index contributed by atoms with van der Waals surface area (Å²) in [6.45, 7) is 1.69. The van der Waals surface area contributed by atoms with E-state index in [1.54, 1.807) is 12.2 Å². The summed E-state index contributed by atoms with van der Waals surface area (Å²) >= 11 is 0. The van der Waals surface area contributed by atoms with Crippen molar-refractivity contribution in [1.29, 1.82) is 0 Å². The molecule has 0 saturated carbocycles. The van der Waals surface area contributed by atoms with Gasteiger partial charge in [0.2, 0.25) is 0 Å². The van der Waals surface area contributed by atoms with E-state index >= 15 is 0 Å². The van der Waals surface area contributed by atoms with Crippen LogP contribution in [0.3, 0.4) is 0 Å². The first-order valence-corrected chi connectivity index (χ1v) is 5.07. The van der Waals surface area contributed by atoms with Crippen LogP contribution in [0.15, 0.2) is 12.2 Å². The zero-order chi connectivity index (χ0) is 13.1. The van der Waals surface area contributed by atoms with Crippen molar-refractivity contribution in [2.24, 2.45) is 0 Å². The highest BCUT2D eigenvalue weighted by atomic mass is 16.5. The maximum absolute atomic E-state index is 11.0. The van der Waals surface area contributed by atoms with Crippen molar-refractivity contribution in [3.63, 3.8) is 0 Å². The van der Waals surface area contributed by atoms with Gasteiger partial charge in [-0.15, -0.1) is 0 Å². The van der Waals surface area contributed by atoms with Gasteiger partial charge in [-0.3, -0.25) is 14.4 Å². The minimum absolute atomic E-state index is 0.173. The lowest BCUT2D eigenvalue weighted by atomic mass is 10.4. The van der Waals surface area contributed by atoms with Crippen LogP contribution in [0.1, 0.15) is 19.8 Å². The summed E-state index contributed by atoms with van der Waals surface area (Å²) in [4.78, 5) is 32.0. The standard InChI is InChI=1S/C11H16O6/c1-9(12)16-6-4-3-5-7-17-11(14)8-10(13)15-2/h3-4H,5-8H2,1-2H3/b4-3+. The van der Waals surface area contributed by atoms with Crippen LogP contribution >= 0.6 is 0 Å². The first kappa shape index (κ1) is 15.2. The van der Waals surface area contributed by atoms with Crippen LogP contribution in [0.5, 0.6) is 0 Å². The molecule has 96 valence electrons. The van der Waals surface area contributed by atoms with Crippen LogP contribution in [-0.4, -0.2) is 38.2 Å². The fraction of sp³-hybridized carbons (Fsp3) is 0.545. The van der Waals surface area contributed by atoms with E-state index in [4.69, 9.17) is 4.74 Å². The quantitative estimate of drug-likeness (QED) is 0.214. The Morgan fingerprint density at radius 2 is 1.76 bits per heavy atom. The number of esters is 3. The first-order chi connectivity index (χ1) is 8.06. The molecule has 0 bridgehead atoms. The Bertz CT molecular complexity index is 294. The third-order valence-corrected chi connectivity index (χ3v) is 1.61. The van der Waals surface area contributed by atoms with Crippen molar-refractivity contribution in [2.75, 3.05) is 20.3 Å². The van der Waals surface area contributed by atoms with Gasteiger partial charge in [-0.05, 0) is 6.42 Å². The molecule has 0 amide bonds. The van der Waals surface area contributed by atoms with Crippen molar-refractivity contribution >= 4 is 17.9 Å². The Hall–Kier alpha value is -1.85. The zero-order valence-electron chi connectivity index (χ0n) is 9.93. The van der Waals surface area contributed by atoms with Crippen LogP contribution in [0.2, 0.25) is 0 Å². The van der Waals surface area contributed by atoms with Gasteiger partial charge in [0.15, 0.2) is 0 Å². The van der Waals surface area contributed by atoms with E-state index in [1.165, 1.54) is 14.0 Å². The van der Waals surface area contributed by atoms with Gasteiger partial charge < -0.3 is 14.2 Å². The topological polar surface area (TPSA) is 78.9 Å². The molecule has 0 aromatic heterocycles. The molecule has 0 heterocycles. The number of carbonyl (C=O) groups excluding carboxylic acids is 3. The van der Waals surface area contributed by atoms with Gasteiger partial charge >= 0.3 is 17.9 Å². The van der Waals surface area contributed by atoms with Crippen LogP contribution in [0, 0.1) is 0 Å². The summed E-state index contributed by atoms with van der Waals surface area (Å²) in [6, 6.07) is 0. The van der Waals surface area contributed by atoms with Crippen LogP contribution in [0.25, 0.3) is 0 Å². The molecule has 0 unspecified atom stereocenters. The lowest BCUT2D eigenvalue weighted by Gasteiger charge is -2.01. The summed E-state index contributed by atoms with van der Waals surface area (Å²) in [5.74, 6) is -1.59. The SMILES string of the molecule is COC(=O)CC(=O)OCC/C=C/COC(C)=O.